The van der Waals surface area contributed by atoms with Crippen LogP contribution in [-0.2, 0) is 13.5 Å². The Morgan fingerprint density at radius 2 is 2.33 bits per heavy atom. The summed E-state index contributed by atoms with van der Waals surface area (Å²) in [7, 11) is 1.88. The standard InChI is InChI=1S/C12H17ClN4S/c1-4-14-10(5-9-6-17(3)16-15-9)12-11(13)8(2)7-18-12/h6-7,10,14H,4-5H2,1-3H3. The van der Waals surface area contributed by atoms with Crippen LogP contribution in [0.4, 0.5) is 0 Å². The Labute approximate surface area is 116 Å². The maximum absolute atomic E-state index is 6.34. The van der Waals surface area contributed by atoms with E-state index in [-0.39, 0.29) is 6.04 Å². The monoisotopic (exact) mass is 284 g/mol. The lowest BCUT2D eigenvalue weighted by Gasteiger charge is -2.15. The van der Waals surface area contributed by atoms with Crippen molar-refractivity contribution in [3.8, 4) is 0 Å². The molecule has 18 heavy (non-hydrogen) atoms. The van der Waals surface area contributed by atoms with Crippen molar-refractivity contribution in [1.29, 1.82) is 0 Å². The first-order chi connectivity index (χ1) is 8.61. The van der Waals surface area contributed by atoms with Crippen LogP contribution >= 0.6 is 22.9 Å². The summed E-state index contributed by atoms with van der Waals surface area (Å²) in [6.07, 6.45) is 2.75. The Bertz CT molecular complexity index is 520. The lowest BCUT2D eigenvalue weighted by Crippen LogP contribution is -2.22. The lowest BCUT2D eigenvalue weighted by molar-refractivity contribution is 0.551. The van der Waals surface area contributed by atoms with Crippen molar-refractivity contribution in [3.63, 3.8) is 0 Å². The lowest BCUT2D eigenvalue weighted by atomic mass is 10.1. The van der Waals surface area contributed by atoms with Gasteiger partial charge in [0.15, 0.2) is 0 Å². The summed E-state index contributed by atoms with van der Waals surface area (Å²) in [6, 6.07) is 0.206. The van der Waals surface area contributed by atoms with Crippen molar-refractivity contribution in [2.45, 2.75) is 26.3 Å². The molecule has 6 heteroatoms. The van der Waals surface area contributed by atoms with Crippen LogP contribution in [0.1, 0.15) is 29.1 Å². The van der Waals surface area contributed by atoms with Crippen LogP contribution in [0.3, 0.4) is 0 Å². The van der Waals surface area contributed by atoms with E-state index < -0.39 is 0 Å². The number of aryl methyl sites for hydroxylation is 2. The second-order valence-corrected chi connectivity index (χ2v) is 5.58. The minimum atomic E-state index is 0.206. The van der Waals surface area contributed by atoms with E-state index in [9.17, 15) is 0 Å². The van der Waals surface area contributed by atoms with Crippen LogP contribution in [0, 0.1) is 6.92 Å². The fraction of sp³-hybridized carbons (Fsp3) is 0.500. The maximum atomic E-state index is 6.34. The fourth-order valence-electron chi connectivity index (χ4n) is 1.89. The number of aromatic nitrogens is 3. The van der Waals surface area contributed by atoms with Crippen LogP contribution in [-0.4, -0.2) is 21.5 Å². The molecule has 0 bridgehead atoms. The number of hydrogen-bond acceptors (Lipinski definition) is 4. The van der Waals surface area contributed by atoms with Gasteiger partial charge in [-0.2, -0.15) is 0 Å². The Hall–Kier alpha value is -0.910. The van der Waals surface area contributed by atoms with Crippen molar-refractivity contribution in [2.24, 2.45) is 7.05 Å². The number of hydrogen-bond donors (Lipinski definition) is 1. The molecular weight excluding hydrogens is 268 g/mol. The summed E-state index contributed by atoms with van der Waals surface area (Å²) in [4.78, 5) is 1.18. The second-order valence-electron chi connectivity index (χ2n) is 4.29. The van der Waals surface area contributed by atoms with Crippen LogP contribution in [0.5, 0.6) is 0 Å². The molecular formula is C12H17ClN4S. The van der Waals surface area contributed by atoms with Crippen molar-refractivity contribution in [2.75, 3.05) is 6.54 Å². The minimum Gasteiger partial charge on any atom is -0.309 e. The Morgan fingerprint density at radius 1 is 1.56 bits per heavy atom. The molecule has 0 radical (unpaired) electrons. The molecule has 0 aromatic carbocycles. The molecule has 0 aliphatic rings. The van der Waals surface area contributed by atoms with Crippen molar-refractivity contribution < 1.29 is 0 Å². The van der Waals surface area contributed by atoms with Gasteiger partial charge in [-0.3, -0.25) is 4.68 Å². The van der Waals surface area contributed by atoms with E-state index in [0.29, 0.717) is 0 Å². The topological polar surface area (TPSA) is 42.7 Å². The number of rotatable bonds is 5. The highest BCUT2D eigenvalue weighted by Crippen LogP contribution is 2.33. The van der Waals surface area contributed by atoms with Gasteiger partial charge in [-0.05, 0) is 24.4 Å². The molecule has 98 valence electrons. The van der Waals surface area contributed by atoms with E-state index in [1.807, 2.05) is 20.2 Å². The summed E-state index contributed by atoms with van der Waals surface area (Å²) in [5.41, 5.74) is 2.12. The quantitative estimate of drug-likeness (QED) is 0.918. The average Bonchev–Trinajstić information content (AvgIpc) is 2.87. The zero-order valence-electron chi connectivity index (χ0n) is 10.8. The molecule has 0 spiro atoms. The third-order valence-corrected chi connectivity index (χ3v) is 4.58. The number of nitrogens with one attached hydrogen (secondary N) is 1. The first-order valence-electron chi connectivity index (χ1n) is 5.93. The third kappa shape index (κ3) is 2.91. The van der Waals surface area contributed by atoms with Gasteiger partial charge in [0.2, 0.25) is 0 Å². The van der Waals surface area contributed by atoms with Gasteiger partial charge in [-0.25, -0.2) is 0 Å². The van der Waals surface area contributed by atoms with Gasteiger partial charge in [0.25, 0.3) is 0 Å². The molecule has 0 amide bonds. The highest BCUT2D eigenvalue weighted by molar-refractivity contribution is 7.10. The molecule has 1 atom stereocenters. The van der Waals surface area contributed by atoms with Crippen LogP contribution < -0.4 is 5.32 Å². The summed E-state index contributed by atoms with van der Waals surface area (Å²) >= 11 is 8.04. The molecule has 2 rings (SSSR count). The Kier molecular flexibility index (Phi) is 4.37. The van der Waals surface area contributed by atoms with Crippen LogP contribution in [0.15, 0.2) is 11.6 Å². The zero-order chi connectivity index (χ0) is 13.1. The molecule has 0 aliphatic carbocycles. The highest BCUT2D eigenvalue weighted by atomic mass is 35.5. The van der Waals surface area contributed by atoms with Crippen molar-refractivity contribution >= 4 is 22.9 Å². The van der Waals surface area contributed by atoms with Gasteiger partial charge in [0, 0.05) is 30.6 Å². The minimum absolute atomic E-state index is 0.206. The van der Waals surface area contributed by atoms with E-state index in [4.69, 9.17) is 11.6 Å². The van der Waals surface area contributed by atoms with Crippen LogP contribution in [0.25, 0.3) is 0 Å². The largest absolute Gasteiger partial charge is 0.309 e. The van der Waals surface area contributed by atoms with E-state index in [1.54, 1.807) is 16.0 Å². The predicted molar refractivity (Wildman–Crippen MR) is 75.2 cm³/mol. The zero-order valence-corrected chi connectivity index (χ0v) is 12.3. The molecule has 0 fully saturated rings. The summed E-state index contributed by atoms with van der Waals surface area (Å²) in [6.45, 7) is 5.03. The first kappa shape index (κ1) is 13.5. The third-order valence-electron chi connectivity index (χ3n) is 2.76. The van der Waals surface area contributed by atoms with Crippen molar-refractivity contribution in [3.05, 3.63) is 32.7 Å². The number of likely N-dealkylation sites (N-methyl/N-ethyl adjacent to an activating group) is 1. The smallest absolute Gasteiger partial charge is 0.0846 e. The van der Waals surface area contributed by atoms with E-state index in [2.05, 4.69) is 27.9 Å². The first-order valence-corrected chi connectivity index (χ1v) is 7.19. The molecule has 1 N–H and O–H groups in total. The highest BCUT2D eigenvalue weighted by Gasteiger charge is 2.18. The molecule has 2 aromatic heterocycles. The molecule has 2 aromatic rings. The van der Waals surface area contributed by atoms with Gasteiger partial charge >= 0.3 is 0 Å². The van der Waals surface area contributed by atoms with E-state index in [1.165, 1.54) is 4.88 Å². The van der Waals surface area contributed by atoms with Gasteiger partial charge in [-0.1, -0.05) is 23.7 Å². The van der Waals surface area contributed by atoms with E-state index >= 15 is 0 Å². The van der Waals surface area contributed by atoms with Gasteiger partial charge in [0.1, 0.15) is 0 Å². The average molecular weight is 285 g/mol. The van der Waals surface area contributed by atoms with Gasteiger partial charge in [0.05, 0.1) is 10.7 Å². The maximum Gasteiger partial charge on any atom is 0.0846 e. The van der Waals surface area contributed by atoms with Gasteiger partial charge < -0.3 is 5.32 Å². The fourth-order valence-corrected chi connectivity index (χ4v) is 3.29. The molecule has 1 unspecified atom stereocenters. The normalized spacial score (nSPS) is 12.9. The molecule has 0 aliphatic heterocycles. The van der Waals surface area contributed by atoms with E-state index in [0.717, 1.165) is 29.2 Å². The van der Waals surface area contributed by atoms with Crippen molar-refractivity contribution in [1.82, 2.24) is 20.3 Å². The summed E-state index contributed by atoms with van der Waals surface area (Å²) in [5, 5.41) is 14.5. The molecule has 0 saturated carbocycles. The van der Waals surface area contributed by atoms with Crippen LogP contribution in [0.2, 0.25) is 5.02 Å². The molecule has 4 nitrogen and oxygen atoms in total. The molecule has 2 heterocycles. The predicted octanol–water partition coefficient (Wildman–Crippen LogP) is 2.73. The number of nitrogens with zero attached hydrogens (tertiary/aromatic N) is 3. The summed E-state index contributed by atoms with van der Waals surface area (Å²) < 4.78 is 1.72. The number of thiophene rings is 1. The number of halogens is 1. The summed E-state index contributed by atoms with van der Waals surface area (Å²) in [5.74, 6) is 0. The molecule has 0 saturated heterocycles. The van der Waals surface area contributed by atoms with Gasteiger partial charge in [-0.15, -0.1) is 16.4 Å². The second kappa shape index (κ2) is 5.82. The SMILES string of the molecule is CCNC(Cc1cn(C)nn1)c1scc(C)c1Cl. The Balaban J connectivity index is 2.20. The Morgan fingerprint density at radius 3 is 2.83 bits per heavy atom.